The van der Waals surface area contributed by atoms with Gasteiger partial charge in [0.1, 0.15) is 5.75 Å². The predicted molar refractivity (Wildman–Crippen MR) is 110 cm³/mol. The zero-order chi connectivity index (χ0) is 19.3. The topological polar surface area (TPSA) is 79.9 Å². The Hall–Kier alpha value is -1.83. The van der Waals surface area contributed by atoms with Crippen LogP contribution in [-0.2, 0) is 14.3 Å². The van der Waals surface area contributed by atoms with E-state index in [2.05, 4.69) is 10.6 Å². The largest absolute Gasteiger partial charge is 0.479 e. The number of ether oxygens (including phenoxy) is 2. The summed E-state index contributed by atoms with van der Waals surface area (Å²) in [6.07, 6.45) is 1.68. The van der Waals surface area contributed by atoms with Gasteiger partial charge in [0.15, 0.2) is 6.10 Å². The molecule has 0 saturated carbocycles. The molecule has 1 saturated heterocycles. The summed E-state index contributed by atoms with van der Waals surface area (Å²) >= 11 is 0. The number of hydrogen-bond acceptors (Lipinski definition) is 5. The maximum absolute atomic E-state index is 12.5. The van der Waals surface area contributed by atoms with Crippen LogP contribution in [0, 0.1) is 5.41 Å². The number of nitrogens with zero attached hydrogens (tertiary/aromatic N) is 1. The van der Waals surface area contributed by atoms with Crippen molar-refractivity contribution in [2.75, 3.05) is 44.8 Å². The maximum Gasteiger partial charge on any atom is 0.267 e. The highest BCUT2D eigenvalue weighted by Gasteiger charge is 2.33. The van der Waals surface area contributed by atoms with Crippen molar-refractivity contribution in [2.24, 2.45) is 5.41 Å². The molecule has 1 aromatic rings. The highest BCUT2D eigenvalue weighted by atomic mass is 35.5. The molecule has 3 rings (SSSR count). The third-order valence-corrected chi connectivity index (χ3v) is 5.41. The van der Waals surface area contributed by atoms with E-state index in [0.717, 1.165) is 31.6 Å². The van der Waals surface area contributed by atoms with E-state index in [4.69, 9.17) is 9.47 Å². The van der Waals surface area contributed by atoms with Crippen LogP contribution in [0.3, 0.4) is 0 Å². The zero-order valence-electron chi connectivity index (χ0n) is 16.5. The Balaban J connectivity index is 0.00000280. The Morgan fingerprint density at radius 2 is 2.07 bits per heavy atom. The van der Waals surface area contributed by atoms with Gasteiger partial charge in [-0.05, 0) is 45.0 Å². The summed E-state index contributed by atoms with van der Waals surface area (Å²) in [4.78, 5) is 26.6. The van der Waals surface area contributed by atoms with Gasteiger partial charge in [0, 0.05) is 32.0 Å². The average molecular weight is 412 g/mol. The number of para-hydroxylation sites is 2. The van der Waals surface area contributed by atoms with Gasteiger partial charge < -0.3 is 25.0 Å². The van der Waals surface area contributed by atoms with Gasteiger partial charge in [0.2, 0.25) is 5.91 Å². The molecule has 1 fully saturated rings. The minimum atomic E-state index is -0.539. The molecule has 0 aromatic heterocycles. The number of anilines is 1. The lowest BCUT2D eigenvalue weighted by atomic mass is 9.79. The second-order valence-electron chi connectivity index (χ2n) is 7.43. The van der Waals surface area contributed by atoms with Crippen molar-refractivity contribution < 1.29 is 19.1 Å². The molecule has 1 aromatic carbocycles. The van der Waals surface area contributed by atoms with Crippen LogP contribution in [0.25, 0.3) is 0 Å². The van der Waals surface area contributed by atoms with E-state index >= 15 is 0 Å². The summed E-state index contributed by atoms with van der Waals surface area (Å²) in [5.41, 5.74) is 0.716. The number of rotatable bonds is 7. The number of amides is 2. The molecule has 2 heterocycles. The van der Waals surface area contributed by atoms with E-state index in [1.807, 2.05) is 24.3 Å². The second kappa shape index (κ2) is 10.1. The molecule has 2 aliphatic heterocycles. The first-order chi connectivity index (χ1) is 13.0. The Labute approximate surface area is 172 Å². The van der Waals surface area contributed by atoms with E-state index < -0.39 is 6.10 Å². The molecule has 0 spiro atoms. The molecule has 156 valence electrons. The smallest absolute Gasteiger partial charge is 0.267 e. The number of halogens is 1. The van der Waals surface area contributed by atoms with Gasteiger partial charge in [-0.3, -0.25) is 9.59 Å². The van der Waals surface area contributed by atoms with Gasteiger partial charge in [0.05, 0.1) is 12.3 Å². The van der Waals surface area contributed by atoms with Crippen LogP contribution >= 0.6 is 12.4 Å². The third-order valence-electron chi connectivity index (χ3n) is 5.41. The summed E-state index contributed by atoms with van der Waals surface area (Å²) in [7, 11) is 1.70. The van der Waals surface area contributed by atoms with Crippen molar-refractivity contribution in [3.05, 3.63) is 24.3 Å². The summed E-state index contributed by atoms with van der Waals surface area (Å²) in [6.45, 7) is 5.20. The fourth-order valence-electron chi connectivity index (χ4n) is 3.81. The number of methoxy groups -OCH3 is 1. The van der Waals surface area contributed by atoms with Crippen LogP contribution in [0.15, 0.2) is 24.3 Å². The average Bonchev–Trinajstić information content (AvgIpc) is 2.68. The van der Waals surface area contributed by atoms with Crippen molar-refractivity contribution in [2.45, 2.75) is 32.3 Å². The first-order valence-electron chi connectivity index (χ1n) is 9.58. The van der Waals surface area contributed by atoms with Crippen molar-refractivity contribution >= 4 is 29.9 Å². The molecule has 2 N–H and O–H groups in total. The molecular formula is C20H30ClN3O4. The van der Waals surface area contributed by atoms with Crippen LogP contribution in [-0.4, -0.2) is 57.8 Å². The lowest BCUT2D eigenvalue weighted by molar-refractivity contribution is -0.125. The SMILES string of the molecule is COCC1(CNC(=O)CCN2C(=O)C(C)Oc3ccccc32)CCNCC1.Cl. The summed E-state index contributed by atoms with van der Waals surface area (Å²) < 4.78 is 11.0. The van der Waals surface area contributed by atoms with Gasteiger partial charge in [-0.1, -0.05) is 12.1 Å². The quantitative estimate of drug-likeness (QED) is 0.714. The monoisotopic (exact) mass is 411 g/mol. The van der Waals surface area contributed by atoms with Crippen molar-refractivity contribution in [1.82, 2.24) is 10.6 Å². The Kier molecular flexibility index (Phi) is 8.10. The van der Waals surface area contributed by atoms with E-state index in [1.165, 1.54) is 0 Å². The number of benzene rings is 1. The lowest BCUT2D eigenvalue weighted by Gasteiger charge is -2.37. The van der Waals surface area contributed by atoms with Crippen molar-refractivity contribution in [3.63, 3.8) is 0 Å². The van der Waals surface area contributed by atoms with Crippen molar-refractivity contribution in [1.29, 1.82) is 0 Å². The summed E-state index contributed by atoms with van der Waals surface area (Å²) in [6, 6.07) is 7.43. The van der Waals surface area contributed by atoms with Crippen LogP contribution in [0.2, 0.25) is 0 Å². The Morgan fingerprint density at radius 3 is 2.79 bits per heavy atom. The van der Waals surface area contributed by atoms with Gasteiger partial charge in [-0.25, -0.2) is 0 Å². The minimum Gasteiger partial charge on any atom is -0.479 e. The van der Waals surface area contributed by atoms with Crippen LogP contribution in [0.5, 0.6) is 5.75 Å². The van der Waals surface area contributed by atoms with E-state index in [1.54, 1.807) is 18.9 Å². The molecule has 7 nitrogen and oxygen atoms in total. The number of carbonyl (C=O) groups is 2. The highest BCUT2D eigenvalue weighted by Crippen LogP contribution is 2.33. The van der Waals surface area contributed by atoms with Crippen LogP contribution < -0.4 is 20.3 Å². The molecule has 0 bridgehead atoms. The Morgan fingerprint density at radius 1 is 1.36 bits per heavy atom. The molecule has 2 amide bonds. The standard InChI is InChI=1S/C20H29N3O4.ClH/c1-15-19(25)23(16-5-3-4-6-17(16)27-15)12-7-18(24)22-13-20(14-26-2)8-10-21-11-9-20;/h3-6,15,21H,7-14H2,1-2H3,(H,22,24);1H. The second-order valence-corrected chi connectivity index (χ2v) is 7.43. The zero-order valence-corrected chi connectivity index (χ0v) is 17.3. The number of hydrogen-bond donors (Lipinski definition) is 2. The first kappa shape index (κ1) is 22.5. The van der Waals surface area contributed by atoms with Gasteiger partial charge in [0.25, 0.3) is 5.91 Å². The molecule has 0 aliphatic carbocycles. The van der Waals surface area contributed by atoms with Crippen molar-refractivity contribution in [3.8, 4) is 5.75 Å². The predicted octanol–water partition coefficient (Wildman–Crippen LogP) is 1.74. The molecule has 8 heteroatoms. The number of fused-ring (bicyclic) bond motifs is 1. The first-order valence-corrected chi connectivity index (χ1v) is 9.58. The van der Waals surface area contributed by atoms with E-state index in [-0.39, 0.29) is 36.1 Å². The van der Waals surface area contributed by atoms with Gasteiger partial charge >= 0.3 is 0 Å². The third kappa shape index (κ3) is 5.16. The number of nitrogens with one attached hydrogen (secondary N) is 2. The fourth-order valence-corrected chi connectivity index (χ4v) is 3.81. The minimum absolute atomic E-state index is 0. The maximum atomic E-state index is 12.5. The van der Waals surface area contributed by atoms with Crippen LogP contribution in [0.4, 0.5) is 5.69 Å². The normalized spacial score (nSPS) is 20.6. The molecule has 2 aliphatic rings. The fraction of sp³-hybridized carbons (Fsp3) is 0.600. The molecule has 28 heavy (non-hydrogen) atoms. The lowest BCUT2D eigenvalue weighted by Crippen LogP contribution is -2.48. The highest BCUT2D eigenvalue weighted by molar-refractivity contribution is 6.00. The van der Waals surface area contributed by atoms with E-state index in [0.29, 0.717) is 25.4 Å². The molecular weight excluding hydrogens is 382 g/mol. The van der Waals surface area contributed by atoms with Crippen LogP contribution in [0.1, 0.15) is 26.2 Å². The summed E-state index contributed by atoms with van der Waals surface area (Å²) in [5.74, 6) is 0.517. The molecule has 1 atom stereocenters. The Bertz CT molecular complexity index is 674. The van der Waals surface area contributed by atoms with E-state index in [9.17, 15) is 9.59 Å². The van der Waals surface area contributed by atoms with Gasteiger partial charge in [-0.15, -0.1) is 12.4 Å². The number of piperidine rings is 1. The van der Waals surface area contributed by atoms with Gasteiger partial charge in [-0.2, -0.15) is 0 Å². The number of carbonyl (C=O) groups excluding carboxylic acids is 2. The molecule has 1 unspecified atom stereocenters. The molecule has 0 radical (unpaired) electrons. The summed E-state index contributed by atoms with van der Waals surface area (Å²) in [5, 5.41) is 6.40.